The summed E-state index contributed by atoms with van der Waals surface area (Å²) >= 11 is 0. The van der Waals surface area contributed by atoms with Crippen LogP contribution in [-0.4, -0.2) is 13.2 Å². The van der Waals surface area contributed by atoms with Gasteiger partial charge in [0.15, 0.2) is 0 Å². The van der Waals surface area contributed by atoms with Crippen LogP contribution in [-0.2, 0) is 24.0 Å². The maximum absolute atomic E-state index is 9.49. The summed E-state index contributed by atoms with van der Waals surface area (Å²) < 4.78 is 5.39. The van der Waals surface area contributed by atoms with E-state index in [0.29, 0.717) is 0 Å². The van der Waals surface area contributed by atoms with Crippen molar-refractivity contribution in [3.05, 3.63) is 34.9 Å². The lowest BCUT2D eigenvalue weighted by molar-refractivity contribution is 0.0406. The number of nitriles is 1. The quantitative estimate of drug-likeness (QED) is 0.797. The van der Waals surface area contributed by atoms with Gasteiger partial charge in [-0.05, 0) is 55.2 Å². The lowest BCUT2D eigenvalue weighted by Crippen LogP contribution is -2.30. The summed E-state index contributed by atoms with van der Waals surface area (Å²) in [7, 11) is 0. The molecule has 0 N–H and O–H groups in total. The minimum absolute atomic E-state index is 0.189. The summed E-state index contributed by atoms with van der Waals surface area (Å²) in [5, 5.41) is 9.49. The first-order valence-corrected chi connectivity index (χ1v) is 6.91. The number of hydrogen-bond acceptors (Lipinski definition) is 2. The van der Waals surface area contributed by atoms with Gasteiger partial charge in [0.05, 0.1) is 11.5 Å². The average Bonchev–Trinajstić information content (AvgIpc) is 2.87. The zero-order valence-corrected chi connectivity index (χ0v) is 10.7. The first-order chi connectivity index (χ1) is 8.81. The molecule has 3 rings (SSSR count). The molecule has 0 bridgehead atoms. The van der Waals surface area contributed by atoms with E-state index in [1.807, 2.05) is 0 Å². The Hall–Kier alpha value is -1.33. The molecule has 1 aliphatic heterocycles. The lowest BCUT2D eigenvalue weighted by atomic mass is 9.76. The van der Waals surface area contributed by atoms with Gasteiger partial charge in [0, 0.05) is 13.2 Å². The topological polar surface area (TPSA) is 33.0 Å². The van der Waals surface area contributed by atoms with Crippen molar-refractivity contribution in [1.29, 1.82) is 5.26 Å². The molecule has 94 valence electrons. The molecular weight excluding hydrogens is 222 g/mol. The van der Waals surface area contributed by atoms with Gasteiger partial charge in [-0.2, -0.15) is 5.26 Å². The van der Waals surface area contributed by atoms with Crippen LogP contribution in [0.2, 0.25) is 0 Å². The van der Waals surface area contributed by atoms with Crippen LogP contribution in [0.5, 0.6) is 0 Å². The standard InChI is InChI=1S/C16H19NO/c17-12-16(6-8-18-9-7-16)11-13-4-5-14-2-1-3-15(14)10-13/h4-5,10H,1-3,6-9,11H2. The Balaban J connectivity index is 1.81. The van der Waals surface area contributed by atoms with Gasteiger partial charge in [-0.25, -0.2) is 0 Å². The summed E-state index contributed by atoms with van der Waals surface area (Å²) in [5.41, 5.74) is 4.16. The lowest BCUT2D eigenvalue weighted by Gasteiger charge is -2.30. The van der Waals surface area contributed by atoms with Crippen molar-refractivity contribution in [3.8, 4) is 6.07 Å². The molecule has 2 heteroatoms. The predicted octanol–water partition coefficient (Wildman–Crippen LogP) is 3.04. The van der Waals surface area contributed by atoms with Crippen molar-refractivity contribution >= 4 is 0 Å². The second kappa shape index (κ2) is 4.74. The van der Waals surface area contributed by atoms with Crippen LogP contribution in [0.25, 0.3) is 0 Å². The van der Waals surface area contributed by atoms with Crippen LogP contribution in [0.15, 0.2) is 18.2 Å². The van der Waals surface area contributed by atoms with Crippen LogP contribution in [0.4, 0.5) is 0 Å². The van der Waals surface area contributed by atoms with Gasteiger partial charge in [-0.3, -0.25) is 0 Å². The number of rotatable bonds is 2. The van der Waals surface area contributed by atoms with Crippen molar-refractivity contribution in [2.45, 2.75) is 38.5 Å². The Morgan fingerprint density at radius 3 is 2.72 bits per heavy atom. The summed E-state index contributed by atoms with van der Waals surface area (Å²) in [5.74, 6) is 0. The molecule has 2 aliphatic rings. The van der Waals surface area contributed by atoms with E-state index in [0.717, 1.165) is 32.5 Å². The minimum atomic E-state index is -0.189. The van der Waals surface area contributed by atoms with Crippen LogP contribution in [0, 0.1) is 16.7 Å². The van der Waals surface area contributed by atoms with Gasteiger partial charge >= 0.3 is 0 Å². The largest absolute Gasteiger partial charge is 0.381 e. The molecule has 1 aromatic rings. The second-order valence-corrected chi connectivity index (χ2v) is 5.64. The molecule has 0 saturated carbocycles. The molecule has 0 aromatic heterocycles. The Morgan fingerprint density at radius 1 is 1.17 bits per heavy atom. The SMILES string of the molecule is N#CC1(Cc2ccc3c(c2)CCC3)CCOCC1. The average molecular weight is 241 g/mol. The van der Waals surface area contributed by atoms with Gasteiger partial charge in [0.25, 0.3) is 0 Å². The molecular formula is C16H19NO. The van der Waals surface area contributed by atoms with Crippen LogP contribution in [0.3, 0.4) is 0 Å². The fourth-order valence-electron chi connectivity index (χ4n) is 3.22. The molecule has 0 radical (unpaired) electrons. The van der Waals surface area contributed by atoms with Crippen molar-refractivity contribution in [2.75, 3.05) is 13.2 Å². The minimum Gasteiger partial charge on any atom is -0.381 e. The number of ether oxygens (including phenoxy) is 1. The maximum atomic E-state index is 9.49. The first kappa shape index (κ1) is 11.7. The summed E-state index contributed by atoms with van der Waals surface area (Å²) in [4.78, 5) is 0. The Bertz CT molecular complexity index is 480. The highest BCUT2D eigenvalue weighted by Crippen LogP contribution is 2.34. The fraction of sp³-hybridized carbons (Fsp3) is 0.562. The molecule has 0 amide bonds. The van der Waals surface area contributed by atoms with E-state index in [9.17, 15) is 5.26 Å². The number of benzene rings is 1. The Morgan fingerprint density at radius 2 is 1.94 bits per heavy atom. The highest BCUT2D eigenvalue weighted by atomic mass is 16.5. The van der Waals surface area contributed by atoms with Crippen molar-refractivity contribution in [2.24, 2.45) is 5.41 Å². The Labute approximate surface area is 109 Å². The summed E-state index contributed by atoms with van der Waals surface area (Å²) in [6.45, 7) is 1.47. The summed E-state index contributed by atoms with van der Waals surface area (Å²) in [6.07, 6.45) is 6.37. The smallest absolute Gasteiger partial charge is 0.0695 e. The molecule has 0 spiro atoms. The third kappa shape index (κ3) is 2.15. The zero-order chi connectivity index (χ0) is 12.4. The van der Waals surface area contributed by atoms with Crippen LogP contribution < -0.4 is 0 Å². The zero-order valence-electron chi connectivity index (χ0n) is 10.7. The first-order valence-electron chi connectivity index (χ1n) is 6.91. The summed E-state index contributed by atoms with van der Waals surface area (Å²) in [6, 6.07) is 9.37. The highest BCUT2D eigenvalue weighted by molar-refractivity contribution is 5.36. The molecule has 18 heavy (non-hydrogen) atoms. The second-order valence-electron chi connectivity index (χ2n) is 5.64. The van der Waals surface area contributed by atoms with Crippen molar-refractivity contribution < 1.29 is 4.74 Å². The molecule has 1 heterocycles. The van der Waals surface area contributed by atoms with E-state index in [-0.39, 0.29) is 5.41 Å². The molecule has 1 fully saturated rings. The maximum Gasteiger partial charge on any atom is 0.0695 e. The van der Waals surface area contributed by atoms with E-state index in [1.54, 1.807) is 0 Å². The van der Waals surface area contributed by atoms with Gasteiger partial charge in [-0.1, -0.05) is 18.2 Å². The number of nitrogens with zero attached hydrogens (tertiary/aromatic N) is 1. The van der Waals surface area contributed by atoms with Crippen molar-refractivity contribution in [3.63, 3.8) is 0 Å². The van der Waals surface area contributed by atoms with Gasteiger partial charge in [0.1, 0.15) is 0 Å². The molecule has 0 unspecified atom stereocenters. The molecule has 2 nitrogen and oxygen atoms in total. The number of fused-ring (bicyclic) bond motifs is 1. The number of hydrogen-bond donors (Lipinski definition) is 0. The van der Waals surface area contributed by atoms with Crippen LogP contribution >= 0.6 is 0 Å². The van der Waals surface area contributed by atoms with Crippen molar-refractivity contribution in [1.82, 2.24) is 0 Å². The molecule has 0 atom stereocenters. The molecule has 1 saturated heterocycles. The van der Waals surface area contributed by atoms with E-state index in [4.69, 9.17) is 4.74 Å². The monoisotopic (exact) mass is 241 g/mol. The molecule has 1 aromatic carbocycles. The van der Waals surface area contributed by atoms with E-state index < -0.39 is 0 Å². The third-order valence-electron chi connectivity index (χ3n) is 4.39. The van der Waals surface area contributed by atoms with Gasteiger partial charge < -0.3 is 4.74 Å². The molecule has 1 aliphatic carbocycles. The van der Waals surface area contributed by atoms with Gasteiger partial charge in [-0.15, -0.1) is 0 Å². The Kier molecular flexibility index (Phi) is 3.09. The van der Waals surface area contributed by atoms with E-state index >= 15 is 0 Å². The third-order valence-corrected chi connectivity index (χ3v) is 4.39. The van der Waals surface area contributed by atoms with Gasteiger partial charge in [0.2, 0.25) is 0 Å². The highest BCUT2D eigenvalue weighted by Gasteiger charge is 2.33. The number of aryl methyl sites for hydroxylation is 2. The van der Waals surface area contributed by atoms with E-state index in [2.05, 4.69) is 24.3 Å². The predicted molar refractivity (Wildman–Crippen MR) is 70.3 cm³/mol. The van der Waals surface area contributed by atoms with Crippen LogP contribution in [0.1, 0.15) is 36.0 Å². The normalized spacial score (nSPS) is 21.3. The van der Waals surface area contributed by atoms with E-state index in [1.165, 1.54) is 36.0 Å². The fourth-order valence-corrected chi connectivity index (χ4v) is 3.22.